The van der Waals surface area contributed by atoms with Crippen molar-refractivity contribution in [2.45, 2.75) is 58.9 Å². The lowest BCUT2D eigenvalue weighted by Crippen LogP contribution is -2.29. The number of carbonyl (C=O) groups is 2. The lowest BCUT2D eigenvalue weighted by Gasteiger charge is -2.31. The Balaban J connectivity index is 2.00. The summed E-state index contributed by atoms with van der Waals surface area (Å²) < 4.78 is 61.2. The molecule has 38 heavy (non-hydrogen) atoms. The Bertz CT molecular complexity index is 1250. The quantitative estimate of drug-likeness (QED) is 0.346. The first-order valence-electron chi connectivity index (χ1n) is 11.8. The van der Waals surface area contributed by atoms with Gasteiger partial charge in [-0.1, -0.05) is 37.3 Å². The van der Waals surface area contributed by atoms with Crippen LogP contribution >= 0.6 is 0 Å². The minimum atomic E-state index is -4.51. The molecule has 0 saturated carbocycles. The molecule has 2 N–H and O–H groups in total. The van der Waals surface area contributed by atoms with Crippen molar-refractivity contribution < 1.29 is 46.8 Å². The van der Waals surface area contributed by atoms with Crippen LogP contribution in [0.4, 0.5) is 22.8 Å². The van der Waals surface area contributed by atoms with Crippen LogP contribution in [0.1, 0.15) is 56.7 Å². The van der Waals surface area contributed by atoms with E-state index in [1.807, 2.05) is 6.92 Å². The van der Waals surface area contributed by atoms with Gasteiger partial charge in [0.1, 0.15) is 35.9 Å². The molecule has 0 spiro atoms. The Morgan fingerprint density at radius 2 is 1.68 bits per heavy atom. The van der Waals surface area contributed by atoms with E-state index in [1.54, 1.807) is 45.0 Å². The molecule has 8 nitrogen and oxygen atoms in total. The smallest absolute Gasteiger partial charge is 0.489 e. The van der Waals surface area contributed by atoms with Gasteiger partial charge in [-0.3, -0.25) is 0 Å². The topological polar surface area (TPSA) is 103 Å². The molecule has 0 aromatic heterocycles. The molecular formula is C27H28F3NO7. The Hall–Kier alpha value is -4.15. The zero-order chi connectivity index (χ0) is 28.0. The van der Waals surface area contributed by atoms with Crippen LogP contribution in [0.2, 0.25) is 0 Å². The second-order valence-electron chi connectivity index (χ2n) is 8.62. The number of rotatable bonds is 8. The highest BCUT2D eigenvalue weighted by Gasteiger charge is 2.37. The first kappa shape index (κ1) is 28.4. The number of hydrogen-bond acceptors (Lipinski definition) is 7. The molecule has 2 aromatic rings. The Morgan fingerprint density at radius 1 is 1.03 bits per heavy atom. The third-order valence-electron chi connectivity index (χ3n) is 5.78. The fourth-order valence-corrected chi connectivity index (χ4v) is 3.81. The van der Waals surface area contributed by atoms with Gasteiger partial charge in [0, 0.05) is 5.56 Å². The zero-order valence-electron chi connectivity index (χ0n) is 21.2. The predicted octanol–water partition coefficient (Wildman–Crippen LogP) is 7.08. The molecule has 1 aliphatic heterocycles. The molecule has 2 aromatic carbocycles. The fraction of sp³-hybridized carbons (Fsp3) is 0.333. The number of benzene rings is 2. The van der Waals surface area contributed by atoms with Gasteiger partial charge in [-0.05, 0) is 51.0 Å². The lowest BCUT2D eigenvalue weighted by molar-refractivity contribution is -0.137. The van der Waals surface area contributed by atoms with E-state index in [1.165, 1.54) is 12.1 Å². The summed E-state index contributed by atoms with van der Waals surface area (Å²) >= 11 is 0. The number of nitrogens with one attached hydrogen (secondary N) is 1. The highest BCUT2D eigenvalue weighted by Crippen LogP contribution is 2.43. The number of halogens is 3. The van der Waals surface area contributed by atoms with E-state index in [2.05, 4.69) is 5.32 Å². The van der Waals surface area contributed by atoms with Gasteiger partial charge in [-0.15, -0.1) is 0 Å². The number of para-hydroxylation sites is 1. The van der Waals surface area contributed by atoms with Gasteiger partial charge in [0.25, 0.3) is 0 Å². The van der Waals surface area contributed by atoms with E-state index in [0.29, 0.717) is 23.4 Å². The van der Waals surface area contributed by atoms with Crippen molar-refractivity contribution in [3.63, 3.8) is 0 Å². The Labute approximate surface area is 217 Å². The van der Waals surface area contributed by atoms with Gasteiger partial charge < -0.3 is 29.4 Å². The number of dihydropyridines is 1. The van der Waals surface area contributed by atoms with Crippen molar-refractivity contribution >= 4 is 12.3 Å². The standard InChI is InChI=1S/C27H28F3NO7/c1-5-15(2)36-26(34)38-24-17(4)31-16(3)23(37-25(32)33)22(24)20-11-6-7-12-21(20)35-14-18-9-8-10-19(13-18)27(28,29)30/h6-13,15,22,31H,5,14H2,1-4H3,(H,32,33). The second kappa shape index (κ2) is 11.9. The summed E-state index contributed by atoms with van der Waals surface area (Å²) in [7, 11) is 0. The van der Waals surface area contributed by atoms with E-state index in [4.69, 9.17) is 18.9 Å². The second-order valence-corrected chi connectivity index (χ2v) is 8.62. The third kappa shape index (κ3) is 6.99. The van der Waals surface area contributed by atoms with Gasteiger partial charge >= 0.3 is 18.5 Å². The molecular weight excluding hydrogens is 507 g/mol. The minimum absolute atomic E-state index is 0.0234. The highest BCUT2D eigenvalue weighted by atomic mass is 19.4. The molecule has 2 atom stereocenters. The van der Waals surface area contributed by atoms with Crippen LogP contribution in [0.3, 0.4) is 0 Å². The van der Waals surface area contributed by atoms with Crippen LogP contribution in [0.5, 0.6) is 5.75 Å². The molecule has 0 fully saturated rings. The summed E-state index contributed by atoms with van der Waals surface area (Å²) in [5, 5.41) is 12.3. The van der Waals surface area contributed by atoms with Crippen LogP contribution in [0.15, 0.2) is 71.4 Å². The highest BCUT2D eigenvalue weighted by molar-refractivity contribution is 5.65. The van der Waals surface area contributed by atoms with Crippen LogP contribution in [0, 0.1) is 0 Å². The Morgan fingerprint density at radius 3 is 2.32 bits per heavy atom. The average molecular weight is 536 g/mol. The fourth-order valence-electron chi connectivity index (χ4n) is 3.81. The van der Waals surface area contributed by atoms with E-state index >= 15 is 0 Å². The van der Waals surface area contributed by atoms with Gasteiger partial charge in [-0.2, -0.15) is 13.2 Å². The molecule has 0 saturated heterocycles. The summed E-state index contributed by atoms with van der Waals surface area (Å²) in [4.78, 5) is 24.1. The number of allylic oxidation sites excluding steroid dienone is 2. The molecule has 3 rings (SSSR count). The number of carboxylic acid groups (broad SMARTS) is 1. The first-order chi connectivity index (χ1) is 17.9. The monoisotopic (exact) mass is 535 g/mol. The molecule has 0 radical (unpaired) electrons. The summed E-state index contributed by atoms with van der Waals surface area (Å²) in [6.07, 6.45) is -6.96. The predicted molar refractivity (Wildman–Crippen MR) is 130 cm³/mol. The first-order valence-corrected chi connectivity index (χ1v) is 11.8. The van der Waals surface area contributed by atoms with Crippen LogP contribution < -0.4 is 10.1 Å². The summed E-state index contributed by atoms with van der Waals surface area (Å²) in [5.41, 5.74) is 0.579. The van der Waals surface area contributed by atoms with Crippen LogP contribution in [-0.2, 0) is 27.0 Å². The van der Waals surface area contributed by atoms with Crippen molar-refractivity contribution in [2.75, 3.05) is 0 Å². The SMILES string of the molecule is CCC(C)OC(=O)OC1=C(C)NC(C)=C(OC(=O)O)C1c1ccccc1OCc1cccc(C(F)(F)F)c1. The molecule has 0 bridgehead atoms. The van der Waals surface area contributed by atoms with E-state index in [9.17, 15) is 27.9 Å². The van der Waals surface area contributed by atoms with Crippen LogP contribution in [0.25, 0.3) is 0 Å². The van der Waals surface area contributed by atoms with Crippen LogP contribution in [-0.4, -0.2) is 23.5 Å². The largest absolute Gasteiger partial charge is 0.513 e. The van der Waals surface area contributed by atoms with E-state index in [0.717, 1.165) is 12.1 Å². The molecule has 0 aliphatic carbocycles. The van der Waals surface area contributed by atoms with Crippen molar-refractivity contribution in [1.29, 1.82) is 0 Å². The van der Waals surface area contributed by atoms with Gasteiger partial charge in [0.05, 0.1) is 17.0 Å². The summed E-state index contributed by atoms with van der Waals surface area (Å²) in [6, 6.07) is 11.2. The third-order valence-corrected chi connectivity index (χ3v) is 5.78. The number of alkyl halides is 3. The molecule has 1 heterocycles. The summed E-state index contributed by atoms with van der Waals surface area (Å²) in [6.45, 7) is 6.54. The van der Waals surface area contributed by atoms with Gasteiger partial charge in [-0.25, -0.2) is 9.59 Å². The zero-order valence-corrected chi connectivity index (χ0v) is 21.2. The number of hydrogen-bond donors (Lipinski definition) is 2. The van der Waals surface area contributed by atoms with Crippen molar-refractivity contribution in [3.8, 4) is 5.75 Å². The molecule has 11 heteroatoms. The average Bonchev–Trinajstić information content (AvgIpc) is 2.85. The summed E-state index contributed by atoms with van der Waals surface area (Å²) in [5.74, 6) is -0.866. The van der Waals surface area contributed by atoms with Gasteiger partial charge in [0.15, 0.2) is 0 Å². The molecule has 1 aliphatic rings. The number of ether oxygens (including phenoxy) is 4. The maximum absolute atomic E-state index is 13.1. The molecule has 0 amide bonds. The number of carbonyl (C=O) groups excluding carboxylic acids is 1. The van der Waals surface area contributed by atoms with E-state index < -0.39 is 36.1 Å². The maximum Gasteiger partial charge on any atom is 0.513 e. The normalized spacial score (nSPS) is 16.4. The Kier molecular flexibility index (Phi) is 8.92. The maximum atomic E-state index is 13.1. The van der Waals surface area contributed by atoms with Crippen molar-refractivity contribution in [2.24, 2.45) is 0 Å². The lowest BCUT2D eigenvalue weighted by atomic mass is 9.90. The van der Waals surface area contributed by atoms with Crippen molar-refractivity contribution in [1.82, 2.24) is 5.32 Å². The van der Waals surface area contributed by atoms with Crippen molar-refractivity contribution in [3.05, 3.63) is 88.1 Å². The molecule has 204 valence electrons. The van der Waals surface area contributed by atoms with Gasteiger partial charge in [0.2, 0.25) is 0 Å². The van der Waals surface area contributed by atoms with E-state index in [-0.39, 0.29) is 29.4 Å². The molecule has 2 unspecified atom stereocenters. The minimum Gasteiger partial charge on any atom is -0.489 e.